The van der Waals surface area contributed by atoms with E-state index in [1.807, 2.05) is 5.43 Å². The fourth-order valence-corrected chi connectivity index (χ4v) is 1.86. The van der Waals surface area contributed by atoms with Gasteiger partial charge in [0.25, 0.3) is 5.91 Å². The summed E-state index contributed by atoms with van der Waals surface area (Å²) >= 11 is 0. The third kappa shape index (κ3) is 4.53. The number of carbonyl (C=O) groups is 1. The number of carbonyl (C=O) groups excluding carboxylic acids is 1. The Kier molecular flexibility index (Phi) is 5.31. The highest BCUT2D eigenvalue weighted by Crippen LogP contribution is 2.25. The molecule has 1 aromatic carbocycles. The predicted octanol–water partition coefficient (Wildman–Crippen LogP) is 1.60. The lowest BCUT2D eigenvalue weighted by molar-refractivity contribution is -0.155. The summed E-state index contributed by atoms with van der Waals surface area (Å²) in [4.78, 5) is 12.8. The zero-order chi connectivity index (χ0) is 14.5. The number of hydrogen-bond donors (Lipinski definition) is 2. The van der Waals surface area contributed by atoms with Gasteiger partial charge in [0.1, 0.15) is 6.04 Å². The maximum atomic E-state index is 12.5. The minimum atomic E-state index is -4.38. The van der Waals surface area contributed by atoms with E-state index in [-0.39, 0.29) is 6.54 Å². The molecule has 0 aliphatic carbocycles. The molecule has 7 heteroatoms. The van der Waals surface area contributed by atoms with Gasteiger partial charge in [-0.05, 0) is 12.1 Å². The molecule has 1 amide bonds. The van der Waals surface area contributed by atoms with Crippen LogP contribution >= 0.6 is 0 Å². The van der Waals surface area contributed by atoms with Crippen LogP contribution in [0, 0.1) is 0 Å². The van der Waals surface area contributed by atoms with E-state index in [0.29, 0.717) is 5.56 Å². The maximum absolute atomic E-state index is 12.5. The van der Waals surface area contributed by atoms with Crippen LogP contribution in [0.2, 0.25) is 0 Å². The molecule has 0 heterocycles. The maximum Gasteiger partial charge on any atom is 0.401 e. The van der Waals surface area contributed by atoms with E-state index in [2.05, 4.69) is 0 Å². The van der Waals surface area contributed by atoms with Crippen LogP contribution in [0.25, 0.3) is 0 Å². The number of amides is 1. The zero-order valence-corrected chi connectivity index (χ0v) is 10.4. The van der Waals surface area contributed by atoms with Crippen LogP contribution in [0.3, 0.4) is 0 Å². The molecule has 19 heavy (non-hydrogen) atoms. The number of nitrogens with two attached hydrogens (primary N) is 1. The summed E-state index contributed by atoms with van der Waals surface area (Å²) in [6.45, 7) is 0.467. The van der Waals surface area contributed by atoms with Gasteiger partial charge in [-0.25, -0.2) is 5.84 Å². The summed E-state index contributed by atoms with van der Waals surface area (Å²) in [5.41, 5.74) is 2.39. The van der Waals surface area contributed by atoms with Crippen molar-refractivity contribution < 1.29 is 18.0 Å². The average molecular weight is 275 g/mol. The second kappa shape index (κ2) is 6.53. The van der Waals surface area contributed by atoms with Crippen molar-refractivity contribution in [1.29, 1.82) is 0 Å². The number of alkyl halides is 3. The standard InChI is InChI=1S/C12H16F3N3O/c1-2-18(8-12(13,14)15)10(11(19)17-16)9-6-4-3-5-7-9/h3-7,10H,2,8,16H2,1H3,(H,17,19). The molecule has 1 atom stereocenters. The summed E-state index contributed by atoms with van der Waals surface area (Å²) in [6.07, 6.45) is -4.38. The van der Waals surface area contributed by atoms with Crippen molar-refractivity contribution in [3.05, 3.63) is 35.9 Å². The number of nitrogens with one attached hydrogen (secondary N) is 1. The van der Waals surface area contributed by atoms with Crippen LogP contribution < -0.4 is 11.3 Å². The van der Waals surface area contributed by atoms with Crippen molar-refractivity contribution in [2.24, 2.45) is 5.84 Å². The first-order valence-electron chi connectivity index (χ1n) is 5.75. The molecule has 1 aromatic rings. The Labute approximate surface area is 109 Å². The van der Waals surface area contributed by atoms with Crippen LogP contribution in [0.15, 0.2) is 30.3 Å². The summed E-state index contributed by atoms with van der Waals surface area (Å²) in [7, 11) is 0. The Morgan fingerprint density at radius 1 is 1.37 bits per heavy atom. The number of benzene rings is 1. The Hall–Kier alpha value is -1.60. The molecule has 0 radical (unpaired) electrons. The molecule has 1 rings (SSSR count). The van der Waals surface area contributed by atoms with Crippen molar-refractivity contribution in [3.63, 3.8) is 0 Å². The minimum Gasteiger partial charge on any atom is -0.293 e. The fraction of sp³-hybridized carbons (Fsp3) is 0.417. The van der Waals surface area contributed by atoms with E-state index < -0.39 is 24.7 Å². The van der Waals surface area contributed by atoms with E-state index in [4.69, 9.17) is 5.84 Å². The Morgan fingerprint density at radius 3 is 2.37 bits per heavy atom. The zero-order valence-electron chi connectivity index (χ0n) is 10.4. The molecule has 0 fully saturated rings. The van der Waals surface area contributed by atoms with Gasteiger partial charge in [0, 0.05) is 0 Å². The van der Waals surface area contributed by atoms with Crippen molar-refractivity contribution in [3.8, 4) is 0 Å². The van der Waals surface area contributed by atoms with Crippen molar-refractivity contribution >= 4 is 5.91 Å². The Balaban J connectivity index is 3.05. The van der Waals surface area contributed by atoms with Crippen LogP contribution in [0.4, 0.5) is 13.2 Å². The van der Waals surface area contributed by atoms with Crippen LogP contribution in [-0.2, 0) is 4.79 Å². The quantitative estimate of drug-likeness (QED) is 0.487. The molecular weight excluding hydrogens is 259 g/mol. The van der Waals surface area contributed by atoms with E-state index in [1.54, 1.807) is 37.3 Å². The molecule has 0 saturated heterocycles. The van der Waals surface area contributed by atoms with E-state index in [1.165, 1.54) is 0 Å². The molecule has 106 valence electrons. The van der Waals surface area contributed by atoms with Crippen LogP contribution in [-0.4, -0.2) is 30.1 Å². The molecule has 0 bridgehead atoms. The van der Waals surface area contributed by atoms with Gasteiger partial charge < -0.3 is 0 Å². The van der Waals surface area contributed by atoms with Gasteiger partial charge in [-0.1, -0.05) is 37.3 Å². The van der Waals surface area contributed by atoms with Gasteiger partial charge in [0.2, 0.25) is 0 Å². The molecule has 0 aliphatic rings. The van der Waals surface area contributed by atoms with E-state index in [0.717, 1.165) is 4.90 Å². The number of hydrazine groups is 1. The van der Waals surface area contributed by atoms with Gasteiger partial charge in [-0.3, -0.25) is 15.1 Å². The molecule has 4 nitrogen and oxygen atoms in total. The highest BCUT2D eigenvalue weighted by Gasteiger charge is 2.36. The number of nitrogens with zero attached hydrogens (tertiary/aromatic N) is 1. The van der Waals surface area contributed by atoms with E-state index >= 15 is 0 Å². The topological polar surface area (TPSA) is 58.4 Å². The summed E-state index contributed by atoms with van der Waals surface area (Å²) in [6, 6.07) is 7.18. The summed E-state index contributed by atoms with van der Waals surface area (Å²) < 4.78 is 37.6. The lowest BCUT2D eigenvalue weighted by Crippen LogP contribution is -2.46. The first kappa shape index (κ1) is 15.5. The number of halogens is 3. The normalized spacial score (nSPS) is 13.4. The number of hydrogen-bond acceptors (Lipinski definition) is 3. The molecule has 0 spiro atoms. The number of likely N-dealkylation sites (N-methyl/N-ethyl adjacent to an activating group) is 1. The first-order valence-corrected chi connectivity index (χ1v) is 5.75. The van der Waals surface area contributed by atoms with Crippen molar-refractivity contribution in [1.82, 2.24) is 10.3 Å². The Morgan fingerprint density at radius 2 is 1.95 bits per heavy atom. The molecule has 3 N–H and O–H groups in total. The SMILES string of the molecule is CCN(CC(F)(F)F)C(C(=O)NN)c1ccccc1. The third-order valence-corrected chi connectivity index (χ3v) is 2.66. The van der Waals surface area contributed by atoms with Gasteiger partial charge in [0.05, 0.1) is 6.54 Å². The molecular formula is C12H16F3N3O. The second-order valence-corrected chi connectivity index (χ2v) is 4.00. The smallest absolute Gasteiger partial charge is 0.293 e. The largest absolute Gasteiger partial charge is 0.401 e. The lowest BCUT2D eigenvalue weighted by Gasteiger charge is -2.30. The highest BCUT2D eigenvalue weighted by molar-refractivity contribution is 5.82. The monoisotopic (exact) mass is 275 g/mol. The van der Waals surface area contributed by atoms with Crippen molar-refractivity contribution in [2.45, 2.75) is 19.1 Å². The van der Waals surface area contributed by atoms with Crippen LogP contribution in [0.1, 0.15) is 18.5 Å². The molecule has 0 aromatic heterocycles. The third-order valence-electron chi connectivity index (χ3n) is 2.66. The highest BCUT2D eigenvalue weighted by atomic mass is 19.4. The molecule has 0 aliphatic heterocycles. The van der Waals surface area contributed by atoms with E-state index in [9.17, 15) is 18.0 Å². The van der Waals surface area contributed by atoms with Crippen molar-refractivity contribution in [2.75, 3.05) is 13.1 Å². The van der Waals surface area contributed by atoms with Gasteiger partial charge in [0.15, 0.2) is 0 Å². The average Bonchev–Trinajstić information content (AvgIpc) is 2.37. The predicted molar refractivity (Wildman–Crippen MR) is 64.8 cm³/mol. The van der Waals surface area contributed by atoms with Gasteiger partial charge in [-0.15, -0.1) is 0 Å². The number of rotatable bonds is 5. The Bertz CT molecular complexity index is 408. The first-order chi connectivity index (χ1) is 8.89. The van der Waals surface area contributed by atoms with Crippen LogP contribution in [0.5, 0.6) is 0 Å². The summed E-state index contributed by atoms with van der Waals surface area (Å²) in [5, 5.41) is 0. The second-order valence-electron chi connectivity index (χ2n) is 4.00. The lowest BCUT2D eigenvalue weighted by atomic mass is 10.0. The minimum absolute atomic E-state index is 0.0759. The fourth-order valence-electron chi connectivity index (χ4n) is 1.86. The van der Waals surface area contributed by atoms with Gasteiger partial charge >= 0.3 is 6.18 Å². The summed E-state index contributed by atoms with van der Waals surface area (Å²) in [5.74, 6) is 4.39. The molecule has 0 saturated carbocycles. The molecule has 1 unspecified atom stereocenters. The van der Waals surface area contributed by atoms with Gasteiger partial charge in [-0.2, -0.15) is 13.2 Å².